The van der Waals surface area contributed by atoms with Crippen molar-refractivity contribution < 1.29 is 0 Å². The number of nitrogens with one attached hydrogen (secondary N) is 1. The maximum Gasteiger partial charge on any atom is 0.126 e. The highest BCUT2D eigenvalue weighted by Gasteiger charge is 2.04. The Hall–Kier alpha value is -1.25. The van der Waals surface area contributed by atoms with E-state index in [0.29, 0.717) is 6.04 Å². The van der Waals surface area contributed by atoms with Crippen molar-refractivity contribution in [2.45, 2.75) is 58.9 Å². The third kappa shape index (κ3) is 5.07. The molecule has 3 heteroatoms. The van der Waals surface area contributed by atoms with E-state index in [-0.39, 0.29) is 0 Å². The number of anilines is 2. The Labute approximate surface area is 105 Å². The zero-order valence-corrected chi connectivity index (χ0v) is 11.3. The van der Waals surface area contributed by atoms with E-state index in [4.69, 9.17) is 5.73 Å². The van der Waals surface area contributed by atoms with E-state index in [2.05, 4.69) is 24.1 Å². The fourth-order valence-electron chi connectivity index (χ4n) is 1.85. The summed E-state index contributed by atoms with van der Waals surface area (Å²) in [5.41, 5.74) is 7.39. The Balaban J connectivity index is 2.34. The van der Waals surface area contributed by atoms with Crippen LogP contribution >= 0.6 is 0 Å². The Morgan fingerprint density at radius 3 is 2.71 bits per heavy atom. The first kappa shape index (κ1) is 13.8. The number of pyridine rings is 1. The molecule has 1 heterocycles. The predicted octanol–water partition coefficient (Wildman–Crippen LogP) is 3.74. The second-order valence-corrected chi connectivity index (χ2v) is 4.77. The minimum Gasteiger partial charge on any atom is -0.397 e. The molecule has 0 radical (unpaired) electrons. The quantitative estimate of drug-likeness (QED) is 0.708. The molecule has 1 unspecified atom stereocenters. The van der Waals surface area contributed by atoms with Crippen LogP contribution in [0.3, 0.4) is 0 Å². The lowest BCUT2D eigenvalue weighted by molar-refractivity contribution is 0.593. The summed E-state index contributed by atoms with van der Waals surface area (Å²) in [5, 5.41) is 3.42. The van der Waals surface area contributed by atoms with Crippen molar-refractivity contribution in [2.24, 2.45) is 0 Å². The van der Waals surface area contributed by atoms with Gasteiger partial charge in [0.25, 0.3) is 0 Å². The van der Waals surface area contributed by atoms with E-state index in [1.54, 1.807) is 0 Å². The van der Waals surface area contributed by atoms with Crippen molar-refractivity contribution in [2.75, 3.05) is 11.1 Å². The van der Waals surface area contributed by atoms with Crippen LogP contribution in [-0.4, -0.2) is 11.0 Å². The first-order valence-corrected chi connectivity index (χ1v) is 6.63. The molecule has 0 saturated heterocycles. The van der Waals surface area contributed by atoms with Crippen LogP contribution in [0.25, 0.3) is 0 Å². The average Bonchev–Trinajstić information content (AvgIpc) is 2.30. The van der Waals surface area contributed by atoms with Crippen LogP contribution in [0.1, 0.15) is 51.6 Å². The summed E-state index contributed by atoms with van der Waals surface area (Å²) in [6.07, 6.45) is 6.45. The molecule has 0 amide bonds. The molecule has 0 spiro atoms. The number of hydrogen-bond acceptors (Lipinski definition) is 3. The number of hydrogen-bond donors (Lipinski definition) is 2. The molecule has 0 aliphatic heterocycles. The van der Waals surface area contributed by atoms with Crippen LogP contribution in [0.2, 0.25) is 0 Å². The van der Waals surface area contributed by atoms with E-state index in [9.17, 15) is 0 Å². The molecule has 1 rings (SSSR count). The number of rotatable bonds is 7. The zero-order chi connectivity index (χ0) is 12.7. The van der Waals surface area contributed by atoms with Gasteiger partial charge in [-0.2, -0.15) is 0 Å². The van der Waals surface area contributed by atoms with Crippen LogP contribution in [-0.2, 0) is 0 Å². The van der Waals surface area contributed by atoms with E-state index in [0.717, 1.165) is 17.2 Å². The number of nitrogens with zero attached hydrogens (tertiary/aromatic N) is 1. The number of nitrogens with two attached hydrogens (primary N) is 1. The van der Waals surface area contributed by atoms with Crippen LogP contribution in [0, 0.1) is 6.92 Å². The van der Waals surface area contributed by atoms with Gasteiger partial charge in [0.1, 0.15) is 5.82 Å². The Bertz CT molecular complexity index is 336. The fourth-order valence-corrected chi connectivity index (χ4v) is 1.85. The number of aromatic nitrogens is 1. The topological polar surface area (TPSA) is 50.9 Å². The molecule has 3 nitrogen and oxygen atoms in total. The highest BCUT2D eigenvalue weighted by Crippen LogP contribution is 2.14. The van der Waals surface area contributed by atoms with Crippen LogP contribution in [0.5, 0.6) is 0 Å². The molecule has 0 fully saturated rings. The van der Waals surface area contributed by atoms with Gasteiger partial charge in [0, 0.05) is 6.04 Å². The molecule has 0 aromatic carbocycles. The highest BCUT2D eigenvalue weighted by atomic mass is 15.0. The molecular weight excluding hydrogens is 210 g/mol. The van der Waals surface area contributed by atoms with E-state index in [1.165, 1.54) is 32.1 Å². The summed E-state index contributed by atoms with van der Waals surface area (Å²) in [7, 11) is 0. The van der Waals surface area contributed by atoms with E-state index >= 15 is 0 Å². The van der Waals surface area contributed by atoms with Gasteiger partial charge in [0.05, 0.1) is 11.4 Å². The van der Waals surface area contributed by atoms with E-state index < -0.39 is 0 Å². The first-order valence-electron chi connectivity index (χ1n) is 6.63. The molecule has 0 bridgehead atoms. The second-order valence-electron chi connectivity index (χ2n) is 4.77. The van der Waals surface area contributed by atoms with Gasteiger partial charge in [-0.25, -0.2) is 4.98 Å². The van der Waals surface area contributed by atoms with Crippen molar-refractivity contribution in [3.63, 3.8) is 0 Å². The van der Waals surface area contributed by atoms with Gasteiger partial charge < -0.3 is 11.1 Å². The third-order valence-corrected chi connectivity index (χ3v) is 3.01. The summed E-state index contributed by atoms with van der Waals surface area (Å²) in [4.78, 5) is 4.42. The standard InChI is InChI=1S/C14H25N3/c1-4-5-6-7-8-11(2)16-14-10-9-13(15)12(3)17-14/h9-11H,4-8,15H2,1-3H3,(H,16,17). The molecule has 0 saturated carbocycles. The molecule has 96 valence electrons. The van der Waals surface area contributed by atoms with Crippen LogP contribution in [0.4, 0.5) is 11.5 Å². The molecule has 3 N–H and O–H groups in total. The number of aryl methyl sites for hydroxylation is 1. The van der Waals surface area contributed by atoms with E-state index in [1.807, 2.05) is 19.1 Å². The normalized spacial score (nSPS) is 12.4. The molecule has 1 aromatic heterocycles. The van der Waals surface area contributed by atoms with Gasteiger partial charge in [-0.1, -0.05) is 32.6 Å². The lowest BCUT2D eigenvalue weighted by atomic mass is 10.1. The maximum atomic E-state index is 5.74. The molecule has 17 heavy (non-hydrogen) atoms. The Kier molecular flexibility index (Phi) is 5.81. The summed E-state index contributed by atoms with van der Waals surface area (Å²) >= 11 is 0. The SMILES string of the molecule is CCCCCCC(C)Nc1ccc(N)c(C)n1. The summed E-state index contributed by atoms with van der Waals surface area (Å²) < 4.78 is 0. The lowest BCUT2D eigenvalue weighted by Crippen LogP contribution is -2.16. The smallest absolute Gasteiger partial charge is 0.126 e. The van der Waals surface area contributed by atoms with Gasteiger partial charge in [-0.05, 0) is 32.4 Å². The summed E-state index contributed by atoms with van der Waals surface area (Å²) in [6, 6.07) is 4.33. The molecule has 0 aliphatic rings. The van der Waals surface area contributed by atoms with Crippen molar-refractivity contribution in [1.29, 1.82) is 0 Å². The van der Waals surface area contributed by atoms with Crippen molar-refractivity contribution >= 4 is 11.5 Å². The molecule has 0 aliphatic carbocycles. The third-order valence-electron chi connectivity index (χ3n) is 3.01. The summed E-state index contributed by atoms with van der Waals surface area (Å²) in [6.45, 7) is 6.38. The van der Waals surface area contributed by atoms with Crippen molar-refractivity contribution in [3.8, 4) is 0 Å². The maximum absolute atomic E-state index is 5.74. The second kappa shape index (κ2) is 7.15. The molecular formula is C14H25N3. The average molecular weight is 235 g/mol. The molecule has 1 aromatic rings. The number of nitrogen functional groups attached to an aromatic ring is 1. The first-order chi connectivity index (χ1) is 8.13. The van der Waals surface area contributed by atoms with Gasteiger partial charge in [0.15, 0.2) is 0 Å². The van der Waals surface area contributed by atoms with Crippen LogP contribution in [0.15, 0.2) is 12.1 Å². The van der Waals surface area contributed by atoms with Gasteiger partial charge >= 0.3 is 0 Å². The summed E-state index contributed by atoms with van der Waals surface area (Å²) in [5.74, 6) is 0.930. The van der Waals surface area contributed by atoms with Crippen molar-refractivity contribution in [1.82, 2.24) is 4.98 Å². The van der Waals surface area contributed by atoms with Crippen LogP contribution < -0.4 is 11.1 Å². The van der Waals surface area contributed by atoms with Crippen molar-refractivity contribution in [3.05, 3.63) is 17.8 Å². The minimum absolute atomic E-state index is 0.474. The fraction of sp³-hybridized carbons (Fsp3) is 0.643. The zero-order valence-electron chi connectivity index (χ0n) is 11.3. The van der Waals surface area contributed by atoms with Gasteiger partial charge in [0.2, 0.25) is 0 Å². The number of unbranched alkanes of at least 4 members (excludes halogenated alkanes) is 3. The lowest BCUT2D eigenvalue weighted by Gasteiger charge is -2.15. The minimum atomic E-state index is 0.474. The van der Waals surface area contributed by atoms with Gasteiger partial charge in [-0.15, -0.1) is 0 Å². The molecule has 1 atom stereocenters. The largest absolute Gasteiger partial charge is 0.397 e. The monoisotopic (exact) mass is 235 g/mol. The Morgan fingerprint density at radius 1 is 1.29 bits per heavy atom. The predicted molar refractivity (Wildman–Crippen MR) is 75.2 cm³/mol. The Morgan fingerprint density at radius 2 is 2.06 bits per heavy atom. The highest BCUT2D eigenvalue weighted by molar-refractivity contribution is 5.49. The van der Waals surface area contributed by atoms with Gasteiger partial charge in [-0.3, -0.25) is 0 Å².